The third kappa shape index (κ3) is 3.29. The summed E-state index contributed by atoms with van der Waals surface area (Å²) in [6, 6.07) is 10.9. The van der Waals surface area contributed by atoms with E-state index in [4.69, 9.17) is 15.6 Å². The number of hydrogen-bond acceptors (Lipinski definition) is 4. The molecule has 3 N–H and O–H groups in total. The predicted molar refractivity (Wildman–Crippen MR) is 69.0 cm³/mol. The topological polar surface area (TPSA) is 68.4 Å². The Hall–Kier alpha value is -1.91. The number of hydrogen-bond donors (Lipinski definition) is 2. The molecule has 1 atom stereocenters. The van der Waals surface area contributed by atoms with Crippen LogP contribution >= 0.6 is 0 Å². The van der Waals surface area contributed by atoms with Crippen LogP contribution in [0, 0.1) is 0 Å². The van der Waals surface area contributed by atoms with Crippen LogP contribution in [0.3, 0.4) is 0 Å². The van der Waals surface area contributed by atoms with E-state index in [1.165, 1.54) is 0 Å². The van der Waals surface area contributed by atoms with Crippen LogP contribution in [0.5, 0.6) is 5.75 Å². The summed E-state index contributed by atoms with van der Waals surface area (Å²) in [5, 5.41) is 9.01. The van der Waals surface area contributed by atoms with Crippen LogP contribution < -0.4 is 10.5 Å². The highest BCUT2D eigenvalue weighted by Gasteiger charge is 2.05. The maximum Gasteiger partial charge on any atom is 0.120 e. The summed E-state index contributed by atoms with van der Waals surface area (Å²) >= 11 is 0. The second-order valence-corrected chi connectivity index (χ2v) is 4.01. The van der Waals surface area contributed by atoms with Crippen molar-refractivity contribution in [1.82, 2.24) is 4.98 Å². The van der Waals surface area contributed by atoms with E-state index in [9.17, 15) is 0 Å². The van der Waals surface area contributed by atoms with Gasteiger partial charge in [-0.05, 0) is 23.8 Å². The van der Waals surface area contributed by atoms with Gasteiger partial charge in [0.05, 0.1) is 12.6 Å². The zero-order valence-electron chi connectivity index (χ0n) is 9.99. The van der Waals surface area contributed by atoms with Gasteiger partial charge >= 0.3 is 0 Å². The molecule has 0 saturated heterocycles. The molecule has 94 valence electrons. The number of aliphatic hydroxyl groups excluding tert-OH is 1. The van der Waals surface area contributed by atoms with Crippen molar-refractivity contribution in [2.24, 2.45) is 5.73 Å². The molecule has 0 amide bonds. The lowest BCUT2D eigenvalue weighted by molar-refractivity contribution is 0.267. The predicted octanol–water partition coefficient (Wildman–Crippen LogP) is 1.65. The molecular weight excluding hydrogens is 228 g/mol. The minimum atomic E-state index is -0.369. The van der Waals surface area contributed by atoms with Crippen molar-refractivity contribution >= 4 is 0 Å². The molecule has 0 aliphatic rings. The summed E-state index contributed by atoms with van der Waals surface area (Å²) in [5.74, 6) is 0.736. The van der Waals surface area contributed by atoms with Gasteiger partial charge in [-0.15, -0.1) is 0 Å². The minimum Gasteiger partial charge on any atom is -0.489 e. The van der Waals surface area contributed by atoms with Crippen molar-refractivity contribution < 1.29 is 9.84 Å². The van der Waals surface area contributed by atoms with Gasteiger partial charge in [0.2, 0.25) is 0 Å². The lowest BCUT2D eigenvalue weighted by Gasteiger charge is -2.11. The van der Waals surface area contributed by atoms with Crippen LogP contribution in [0.15, 0.2) is 48.8 Å². The Morgan fingerprint density at radius 3 is 2.89 bits per heavy atom. The molecule has 0 unspecified atom stereocenters. The molecule has 0 saturated carbocycles. The summed E-state index contributed by atoms with van der Waals surface area (Å²) in [6.45, 7) is 0.387. The molecule has 2 aromatic rings. The van der Waals surface area contributed by atoms with Gasteiger partial charge < -0.3 is 15.6 Å². The normalized spacial score (nSPS) is 12.1. The van der Waals surface area contributed by atoms with Crippen molar-refractivity contribution in [3.63, 3.8) is 0 Å². The Kier molecular flexibility index (Phi) is 4.28. The quantitative estimate of drug-likeness (QED) is 0.839. The third-order valence-electron chi connectivity index (χ3n) is 2.61. The Labute approximate surface area is 106 Å². The van der Waals surface area contributed by atoms with Gasteiger partial charge in [-0.3, -0.25) is 4.98 Å². The molecule has 4 heteroatoms. The summed E-state index contributed by atoms with van der Waals surface area (Å²) in [7, 11) is 0. The summed E-state index contributed by atoms with van der Waals surface area (Å²) < 4.78 is 5.65. The van der Waals surface area contributed by atoms with Crippen molar-refractivity contribution in [3.05, 3.63) is 59.9 Å². The Morgan fingerprint density at radius 1 is 1.28 bits per heavy atom. The van der Waals surface area contributed by atoms with Gasteiger partial charge in [0.15, 0.2) is 0 Å². The molecule has 1 heterocycles. The Bertz CT molecular complexity index is 488. The Morgan fingerprint density at radius 2 is 2.17 bits per heavy atom. The number of aromatic nitrogens is 1. The molecule has 1 aromatic carbocycles. The lowest BCUT2D eigenvalue weighted by Crippen LogP contribution is -2.14. The maximum absolute atomic E-state index is 9.01. The second kappa shape index (κ2) is 6.14. The first kappa shape index (κ1) is 12.5. The molecule has 0 aliphatic heterocycles. The molecule has 0 radical (unpaired) electrons. The molecule has 0 aliphatic carbocycles. The van der Waals surface area contributed by atoms with E-state index in [0.717, 1.165) is 16.9 Å². The van der Waals surface area contributed by atoms with Crippen LogP contribution in [0.4, 0.5) is 0 Å². The number of aliphatic hydroxyl groups is 1. The van der Waals surface area contributed by atoms with E-state index in [-0.39, 0.29) is 12.6 Å². The van der Waals surface area contributed by atoms with Crippen molar-refractivity contribution in [2.75, 3.05) is 6.61 Å². The van der Waals surface area contributed by atoms with Crippen molar-refractivity contribution in [2.45, 2.75) is 12.6 Å². The highest BCUT2D eigenvalue weighted by Crippen LogP contribution is 2.18. The largest absolute Gasteiger partial charge is 0.489 e. The van der Waals surface area contributed by atoms with Crippen LogP contribution in [0.25, 0.3) is 0 Å². The smallest absolute Gasteiger partial charge is 0.120 e. The third-order valence-corrected chi connectivity index (χ3v) is 2.61. The molecule has 1 aromatic heterocycles. The van der Waals surface area contributed by atoms with Crippen molar-refractivity contribution in [1.29, 1.82) is 0 Å². The van der Waals surface area contributed by atoms with E-state index < -0.39 is 0 Å². The van der Waals surface area contributed by atoms with E-state index in [1.807, 2.05) is 36.4 Å². The molecule has 18 heavy (non-hydrogen) atoms. The number of pyridine rings is 1. The van der Waals surface area contributed by atoms with Crippen LogP contribution in [0.2, 0.25) is 0 Å². The molecule has 0 spiro atoms. The van der Waals surface area contributed by atoms with Crippen LogP contribution in [-0.4, -0.2) is 16.7 Å². The standard InChI is InChI=1S/C14H16N2O2/c15-14(9-17)12-4-1-5-13(7-12)18-10-11-3-2-6-16-8-11/h1-8,14,17H,9-10,15H2/t14-/m0/s1. The summed E-state index contributed by atoms with van der Waals surface area (Å²) in [4.78, 5) is 4.02. The van der Waals surface area contributed by atoms with E-state index >= 15 is 0 Å². The Balaban J connectivity index is 2.01. The van der Waals surface area contributed by atoms with Gasteiger partial charge in [-0.2, -0.15) is 0 Å². The van der Waals surface area contributed by atoms with E-state index in [2.05, 4.69) is 4.98 Å². The average Bonchev–Trinajstić information content (AvgIpc) is 2.45. The van der Waals surface area contributed by atoms with Crippen LogP contribution in [0.1, 0.15) is 17.2 Å². The number of benzene rings is 1. The fourth-order valence-corrected chi connectivity index (χ4v) is 1.59. The van der Waals surface area contributed by atoms with Gasteiger partial charge in [0.1, 0.15) is 12.4 Å². The highest BCUT2D eigenvalue weighted by molar-refractivity contribution is 5.30. The number of rotatable bonds is 5. The molecule has 2 rings (SSSR count). The molecule has 0 bridgehead atoms. The fraction of sp³-hybridized carbons (Fsp3) is 0.214. The molecule has 4 nitrogen and oxygen atoms in total. The molecule has 0 fully saturated rings. The zero-order chi connectivity index (χ0) is 12.8. The fourth-order valence-electron chi connectivity index (χ4n) is 1.59. The first-order chi connectivity index (χ1) is 8.79. The molecular formula is C14H16N2O2. The number of ether oxygens (including phenoxy) is 1. The van der Waals surface area contributed by atoms with Gasteiger partial charge in [-0.25, -0.2) is 0 Å². The van der Waals surface area contributed by atoms with E-state index in [1.54, 1.807) is 12.4 Å². The van der Waals surface area contributed by atoms with Gasteiger partial charge in [0, 0.05) is 18.0 Å². The first-order valence-electron chi connectivity index (χ1n) is 5.77. The van der Waals surface area contributed by atoms with E-state index in [0.29, 0.717) is 6.61 Å². The maximum atomic E-state index is 9.01. The SMILES string of the molecule is N[C@@H](CO)c1cccc(OCc2cccnc2)c1. The summed E-state index contributed by atoms with van der Waals surface area (Å²) in [5.41, 5.74) is 7.63. The summed E-state index contributed by atoms with van der Waals surface area (Å²) in [6.07, 6.45) is 3.49. The number of nitrogens with two attached hydrogens (primary N) is 1. The number of nitrogens with zero attached hydrogens (tertiary/aromatic N) is 1. The monoisotopic (exact) mass is 244 g/mol. The second-order valence-electron chi connectivity index (χ2n) is 4.01. The van der Waals surface area contributed by atoms with Crippen molar-refractivity contribution in [3.8, 4) is 5.75 Å². The van der Waals surface area contributed by atoms with Crippen LogP contribution in [-0.2, 0) is 6.61 Å². The first-order valence-corrected chi connectivity index (χ1v) is 5.77. The van der Waals surface area contributed by atoms with Gasteiger partial charge in [0.25, 0.3) is 0 Å². The van der Waals surface area contributed by atoms with Gasteiger partial charge in [-0.1, -0.05) is 18.2 Å². The minimum absolute atomic E-state index is 0.0773. The average molecular weight is 244 g/mol. The zero-order valence-corrected chi connectivity index (χ0v) is 9.99. The lowest BCUT2D eigenvalue weighted by atomic mass is 10.1. The highest BCUT2D eigenvalue weighted by atomic mass is 16.5.